The summed E-state index contributed by atoms with van der Waals surface area (Å²) in [4.78, 5) is 37.1. The van der Waals surface area contributed by atoms with Crippen LogP contribution in [0.25, 0.3) is 11.1 Å². The highest BCUT2D eigenvalue weighted by molar-refractivity contribution is 5.79. The largest absolute Gasteiger partial charge is 0.421 e. The van der Waals surface area contributed by atoms with E-state index in [4.69, 9.17) is 4.42 Å². The number of amides is 1. The average Bonchev–Trinajstić information content (AvgIpc) is 3.44. The van der Waals surface area contributed by atoms with Gasteiger partial charge in [0.2, 0.25) is 5.91 Å². The van der Waals surface area contributed by atoms with Gasteiger partial charge in [-0.2, -0.15) is 0 Å². The van der Waals surface area contributed by atoms with Gasteiger partial charge in [-0.1, -0.05) is 0 Å². The average molecular weight is 374 g/mol. The highest BCUT2D eigenvalue weighted by atomic mass is 16.6. The third kappa shape index (κ3) is 3.87. The molecule has 0 spiro atoms. The lowest BCUT2D eigenvalue weighted by atomic mass is 9.97. The Bertz CT molecular complexity index is 929. The van der Waals surface area contributed by atoms with Gasteiger partial charge >= 0.3 is 5.76 Å². The topological polar surface area (TPSA) is 111 Å². The van der Waals surface area contributed by atoms with E-state index in [1.807, 2.05) is 4.90 Å². The van der Waals surface area contributed by atoms with Crippen molar-refractivity contribution in [3.05, 3.63) is 38.9 Å². The van der Waals surface area contributed by atoms with Crippen molar-refractivity contribution in [3.63, 3.8) is 0 Å². The minimum Gasteiger partial charge on any atom is -0.408 e. The molecule has 0 bridgehead atoms. The summed E-state index contributed by atoms with van der Waals surface area (Å²) in [5.74, 6) is 0.0680. The number of nitrogens with one attached hydrogen (secondary N) is 1. The summed E-state index contributed by atoms with van der Waals surface area (Å²) in [6, 6.07) is 4.11. The van der Waals surface area contributed by atoms with Gasteiger partial charge in [-0.25, -0.2) is 4.79 Å². The first kappa shape index (κ1) is 17.7. The molecule has 1 atom stereocenters. The normalized spacial score (nSPS) is 20.7. The van der Waals surface area contributed by atoms with Gasteiger partial charge in [-0.15, -0.1) is 0 Å². The van der Waals surface area contributed by atoms with Crippen LogP contribution in [0, 0.1) is 22.0 Å². The molecule has 9 heteroatoms. The summed E-state index contributed by atoms with van der Waals surface area (Å²) < 4.78 is 6.60. The maximum atomic E-state index is 12.4. The van der Waals surface area contributed by atoms with Crippen molar-refractivity contribution in [3.8, 4) is 0 Å². The third-order valence-electron chi connectivity index (χ3n) is 5.34. The molecular weight excluding hydrogens is 352 g/mol. The van der Waals surface area contributed by atoms with Gasteiger partial charge in [-0.3, -0.25) is 24.4 Å². The number of carbonyl (C=O) groups excluding carboxylic acids is 1. The number of hydrogen-bond donors (Lipinski definition) is 1. The van der Waals surface area contributed by atoms with E-state index in [1.54, 1.807) is 0 Å². The lowest BCUT2D eigenvalue weighted by Gasteiger charge is -2.31. The number of oxazole rings is 1. The van der Waals surface area contributed by atoms with Crippen molar-refractivity contribution in [2.24, 2.45) is 11.8 Å². The molecule has 0 radical (unpaired) electrons. The predicted molar refractivity (Wildman–Crippen MR) is 97.2 cm³/mol. The fourth-order valence-electron chi connectivity index (χ4n) is 3.61. The van der Waals surface area contributed by atoms with Gasteiger partial charge in [0.1, 0.15) is 0 Å². The number of benzene rings is 1. The zero-order chi connectivity index (χ0) is 19.0. The third-order valence-corrected chi connectivity index (χ3v) is 5.34. The van der Waals surface area contributed by atoms with E-state index in [0.29, 0.717) is 23.6 Å². The SMILES string of the molecule is O=C(NCC1CC1)[C@@H]1CCCN(Cn2c(=O)oc3ccc([N+](=O)[O-])cc32)C1. The van der Waals surface area contributed by atoms with E-state index >= 15 is 0 Å². The standard InChI is InChI=1S/C18H22N4O5/c23-17(19-9-12-3-4-12)13-2-1-7-20(10-13)11-21-15-8-14(22(25)26)5-6-16(15)27-18(21)24/h5-6,8,12-13H,1-4,7,9-11H2,(H,19,23)/t13-/m1/s1. The number of hydrogen-bond acceptors (Lipinski definition) is 6. The minimum atomic E-state index is -0.550. The first-order valence-electron chi connectivity index (χ1n) is 9.29. The Kier molecular flexibility index (Phi) is 4.69. The monoisotopic (exact) mass is 374 g/mol. The van der Waals surface area contributed by atoms with Gasteiger partial charge < -0.3 is 9.73 Å². The molecule has 0 unspecified atom stereocenters. The lowest BCUT2D eigenvalue weighted by Crippen LogP contribution is -2.44. The molecule has 1 N–H and O–H groups in total. The van der Waals surface area contributed by atoms with Crippen LogP contribution < -0.4 is 11.1 Å². The number of carbonyl (C=O) groups is 1. The molecule has 1 aromatic heterocycles. The van der Waals surface area contributed by atoms with Crippen LogP contribution in [0.2, 0.25) is 0 Å². The second-order valence-electron chi connectivity index (χ2n) is 7.45. The molecule has 1 saturated heterocycles. The highest BCUT2D eigenvalue weighted by Crippen LogP contribution is 2.28. The van der Waals surface area contributed by atoms with Gasteiger partial charge in [0.25, 0.3) is 5.69 Å². The number of likely N-dealkylation sites (tertiary alicyclic amines) is 1. The smallest absolute Gasteiger partial charge is 0.408 e. The zero-order valence-corrected chi connectivity index (χ0v) is 14.9. The van der Waals surface area contributed by atoms with Crippen LogP contribution in [0.1, 0.15) is 25.7 Å². The maximum Gasteiger partial charge on any atom is 0.421 e. The molecule has 9 nitrogen and oxygen atoms in total. The number of aromatic nitrogens is 1. The minimum absolute atomic E-state index is 0.0756. The molecule has 27 heavy (non-hydrogen) atoms. The van der Waals surface area contributed by atoms with Crippen LogP contribution in [0.4, 0.5) is 5.69 Å². The van der Waals surface area contributed by atoms with Crippen molar-refractivity contribution in [1.29, 1.82) is 0 Å². The van der Waals surface area contributed by atoms with Crippen LogP contribution in [0.3, 0.4) is 0 Å². The van der Waals surface area contributed by atoms with E-state index in [1.165, 1.54) is 35.6 Å². The summed E-state index contributed by atoms with van der Waals surface area (Å²) in [7, 11) is 0. The number of nitro groups is 1. The zero-order valence-electron chi connectivity index (χ0n) is 14.9. The summed E-state index contributed by atoms with van der Waals surface area (Å²) in [5.41, 5.74) is 0.629. The number of nitro benzene ring substituents is 1. The summed E-state index contributed by atoms with van der Waals surface area (Å²) in [5, 5.41) is 14.0. The summed E-state index contributed by atoms with van der Waals surface area (Å²) in [6.45, 7) is 2.33. The van der Waals surface area contributed by atoms with Crippen molar-refractivity contribution < 1.29 is 14.1 Å². The van der Waals surface area contributed by atoms with E-state index < -0.39 is 10.7 Å². The van der Waals surface area contributed by atoms with E-state index in [-0.39, 0.29) is 24.2 Å². The predicted octanol–water partition coefficient (Wildman–Crippen LogP) is 1.70. The highest BCUT2D eigenvalue weighted by Gasteiger charge is 2.28. The number of rotatable bonds is 6. The summed E-state index contributed by atoms with van der Waals surface area (Å²) >= 11 is 0. The van der Waals surface area contributed by atoms with Crippen molar-refractivity contribution in [1.82, 2.24) is 14.8 Å². The lowest BCUT2D eigenvalue weighted by molar-refractivity contribution is -0.384. The molecule has 1 aliphatic carbocycles. The van der Waals surface area contributed by atoms with Crippen LogP contribution in [-0.2, 0) is 11.5 Å². The summed E-state index contributed by atoms with van der Waals surface area (Å²) in [6.07, 6.45) is 4.09. The van der Waals surface area contributed by atoms with E-state index in [9.17, 15) is 19.7 Å². The number of non-ortho nitro benzene ring substituents is 1. The van der Waals surface area contributed by atoms with Crippen molar-refractivity contribution in [2.75, 3.05) is 19.6 Å². The van der Waals surface area contributed by atoms with Gasteiger partial charge in [0.15, 0.2) is 5.58 Å². The Labute approximate surface area is 155 Å². The Hall–Kier alpha value is -2.68. The van der Waals surface area contributed by atoms with Crippen LogP contribution in [0.5, 0.6) is 0 Å². The van der Waals surface area contributed by atoms with Crippen molar-refractivity contribution in [2.45, 2.75) is 32.4 Å². The molecule has 2 fully saturated rings. The van der Waals surface area contributed by atoms with Gasteiger partial charge in [0.05, 0.1) is 23.0 Å². The fourth-order valence-corrected chi connectivity index (χ4v) is 3.61. The second kappa shape index (κ2) is 7.15. The first-order valence-corrected chi connectivity index (χ1v) is 9.29. The Morgan fingerprint density at radius 3 is 2.89 bits per heavy atom. The first-order chi connectivity index (χ1) is 13.0. The molecule has 2 heterocycles. The molecule has 144 valence electrons. The molecule has 1 aromatic carbocycles. The van der Waals surface area contributed by atoms with Gasteiger partial charge in [-0.05, 0) is 44.2 Å². The van der Waals surface area contributed by atoms with Crippen LogP contribution in [0.15, 0.2) is 27.4 Å². The molecule has 2 aromatic rings. The molecular formula is C18H22N4O5. The molecule has 1 amide bonds. The Morgan fingerprint density at radius 1 is 1.33 bits per heavy atom. The van der Waals surface area contributed by atoms with Crippen molar-refractivity contribution >= 4 is 22.7 Å². The maximum absolute atomic E-state index is 12.4. The van der Waals surface area contributed by atoms with E-state index in [2.05, 4.69) is 5.32 Å². The van der Waals surface area contributed by atoms with Gasteiger partial charge in [0, 0.05) is 25.2 Å². The molecule has 1 aliphatic heterocycles. The number of nitrogens with zero attached hydrogens (tertiary/aromatic N) is 3. The molecule has 4 rings (SSSR count). The fraction of sp³-hybridized carbons (Fsp3) is 0.556. The van der Waals surface area contributed by atoms with Crippen LogP contribution >= 0.6 is 0 Å². The molecule has 2 aliphatic rings. The van der Waals surface area contributed by atoms with Crippen LogP contribution in [-0.4, -0.2) is 39.9 Å². The number of piperidine rings is 1. The second-order valence-corrected chi connectivity index (χ2v) is 7.45. The quantitative estimate of drug-likeness (QED) is 0.609. The number of fused-ring (bicyclic) bond motifs is 1. The Balaban J connectivity index is 1.48. The van der Waals surface area contributed by atoms with E-state index in [0.717, 1.165) is 25.9 Å². The Morgan fingerprint density at radius 2 is 2.15 bits per heavy atom. The molecule has 1 saturated carbocycles.